The first-order chi connectivity index (χ1) is 14.6. The van der Waals surface area contributed by atoms with Gasteiger partial charge in [0.05, 0.1) is 12.3 Å². The van der Waals surface area contributed by atoms with Crippen molar-refractivity contribution in [2.75, 3.05) is 26.2 Å². The Kier molecular flexibility index (Phi) is 12.4. The van der Waals surface area contributed by atoms with Gasteiger partial charge in [-0.15, -0.1) is 12.4 Å². The van der Waals surface area contributed by atoms with Gasteiger partial charge in [-0.05, 0) is 81.6 Å². The van der Waals surface area contributed by atoms with E-state index in [2.05, 4.69) is 73.5 Å². The number of hydrogen-bond acceptors (Lipinski definition) is 3. The zero-order valence-corrected chi connectivity index (χ0v) is 20.9. The molecule has 0 bridgehead atoms. The molecule has 6 heteroatoms. The van der Waals surface area contributed by atoms with E-state index in [1.165, 1.54) is 44.3 Å². The molecule has 1 aromatic carbocycles. The Balaban J connectivity index is 0.00000256. The van der Waals surface area contributed by atoms with Crippen LogP contribution >= 0.6 is 12.4 Å². The molecule has 5 nitrogen and oxygen atoms in total. The second-order valence-corrected chi connectivity index (χ2v) is 8.28. The maximum absolute atomic E-state index is 6.11. The maximum Gasteiger partial charge on any atom is 0.140 e. The molecular weight excluding hydrogens is 422 g/mol. The predicted octanol–water partition coefficient (Wildman–Crippen LogP) is 5.89. The first-order valence-corrected chi connectivity index (χ1v) is 11.5. The molecule has 0 aliphatic rings. The van der Waals surface area contributed by atoms with E-state index < -0.39 is 0 Å². The fraction of sp³-hybridized carbons (Fsp3) is 0.500. The first-order valence-electron chi connectivity index (χ1n) is 11.5. The first kappa shape index (κ1) is 28.0. The molecule has 0 fully saturated rings. The van der Waals surface area contributed by atoms with E-state index in [4.69, 9.17) is 9.72 Å². The van der Waals surface area contributed by atoms with Crippen molar-refractivity contribution >= 4 is 18.1 Å². The normalized spacial score (nSPS) is 10.8. The molecule has 2 N–H and O–H groups in total. The van der Waals surface area contributed by atoms with E-state index in [9.17, 15) is 0 Å². The number of imidazole rings is 1. The van der Waals surface area contributed by atoms with Gasteiger partial charge in [-0.25, -0.2) is 4.98 Å². The minimum atomic E-state index is 0. The topological polar surface area (TPSA) is 61.3 Å². The van der Waals surface area contributed by atoms with E-state index in [1.54, 1.807) is 0 Å². The molecule has 3 aromatic rings. The van der Waals surface area contributed by atoms with Gasteiger partial charge >= 0.3 is 0 Å². The summed E-state index contributed by atoms with van der Waals surface area (Å²) in [5, 5.41) is 0. The van der Waals surface area contributed by atoms with Crippen molar-refractivity contribution in [3.8, 4) is 17.0 Å². The van der Waals surface area contributed by atoms with E-state index in [1.807, 2.05) is 6.20 Å². The SMILES string of the molecule is CCCCN(CCCC)CCCOc1ccc(-c2cn3cccc(C)c3n2)cc1C.Cl.O. The van der Waals surface area contributed by atoms with Gasteiger partial charge in [-0.3, -0.25) is 0 Å². The lowest BCUT2D eigenvalue weighted by molar-refractivity contribution is 0.228. The van der Waals surface area contributed by atoms with Crippen LogP contribution in [0.25, 0.3) is 16.9 Å². The second-order valence-electron chi connectivity index (χ2n) is 8.28. The van der Waals surface area contributed by atoms with Crippen LogP contribution in [0.2, 0.25) is 0 Å². The molecule has 0 atom stereocenters. The van der Waals surface area contributed by atoms with Gasteiger partial charge in [0.1, 0.15) is 11.4 Å². The molecule has 0 unspecified atom stereocenters. The number of halogens is 1. The lowest BCUT2D eigenvalue weighted by Gasteiger charge is -2.22. The Morgan fingerprint density at radius 1 is 0.938 bits per heavy atom. The van der Waals surface area contributed by atoms with Crippen LogP contribution in [0.15, 0.2) is 42.7 Å². The highest BCUT2D eigenvalue weighted by molar-refractivity contribution is 5.85. The average molecular weight is 462 g/mol. The molecule has 0 aliphatic carbocycles. The van der Waals surface area contributed by atoms with Crippen LogP contribution in [-0.4, -0.2) is 46.0 Å². The number of benzene rings is 1. The Hall–Kier alpha value is -2.08. The van der Waals surface area contributed by atoms with Gasteiger partial charge in [0.2, 0.25) is 0 Å². The number of ether oxygens (including phenoxy) is 1. The third-order valence-electron chi connectivity index (χ3n) is 5.68. The van der Waals surface area contributed by atoms with Crippen molar-refractivity contribution in [3.05, 3.63) is 53.9 Å². The van der Waals surface area contributed by atoms with Crippen molar-refractivity contribution in [1.82, 2.24) is 14.3 Å². The molecule has 2 heterocycles. The molecule has 0 saturated carbocycles. The molecule has 32 heavy (non-hydrogen) atoms. The van der Waals surface area contributed by atoms with Crippen molar-refractivity contribution < 1.29 is 10.2 Å². The number of fused-ring (bicyclic) bond motifs is 1. The summed E-state index contributed by atoms with van der Waals surface area (Å²) in [6, 6.07) is 10.5. The standard InChI is InChI=1S/C26H37N3O.ClH.H2O/c1-5-7-14-28(15-8-6-2)16-10-18-30-25-13-12-23(19-22(25)4)24-20-29-17-9-11-21(3)26(29)27-24;;/h9,11-13,17,19-20H,5-8,10,14-16,18H2,1-4H3;1H;1H2. The molecule has 3 rings (SSSR count). The van der Waals surface area contributed by atoms with Crippen LogP contribution in [-0.2, 0) is 0 Å². The fourth-order valence-electron chi connectivity index (χ4n) is 3.83. The zero-order chi connectivity index (χ0) is 21.3. The van der Waals surface area contributed by atoms with E-state index in [-0.39, 0.29) is 17.9 Å². The van der Waals surface area contributed by atoms with E-state index in [0.29, 0.717) is 0 Å². The highest BCUT2D eigenvalue weighted by atomic mass is 35.5. The number of pyridine rings is 1. The van der Waals surface area contributed by atoms with Gasteiger partial charge in [0.15, 0.2) is 0 Å². The third kappa shape index (κ3) is 7.51. The number of aryl methyl sites for hydroxylation is 2. The molecule has 178 valence electrons. The monoisotopic (exact) mass is 461 g/mol. The van der Waals surface area contributed by atoms with Crippen molar-refractivity contribution in [1.29, 1.82) is 0 Å². The van der Waals surface area contributed by atoms with E-state index in [0.717, 1.165) is 47.8 Å². The van der Waals surface area contributed by atoms with Crippen LogP contribution in [0, 0.1) is 13.8 Å². The Morgan fingerprint density at radius 3 is 2.25 bits per heavy atom. The van der Waals surface area contributed by atoms with Crippen LogP contribution < -0.4 is 4.74 Å². The quantitative estimate of drug-likeness (QED) is 0.316. The summed E-state index contributed by atoms with van der Waals surface area (Å²) in [6.45, 7) is 13.1. The minimum Gasteiger partial charge on any atom is -0.493 e. The van der Waals surface area contributed by atoms with Crippen LogP contribution in [0.4, 0.5) is 0 Å². The van der Waals surface area contributed by atoms with Gasteiger partial charge in [-0.2, -0.15) is 0 Å². The second kappa shape index (κ2) is 14.1. The number of aromatic nitrogens is 2. The van der Waals surface area contributed by atoms with Crippen molar-refractivity contribution in [3.63, 3.8) is 0 Å². The van der Waals surface area contributed by atoms with Gasteiger partial charge in [0, 0.05) is 24.5 Å². The lowest BCUT2D eigenvalue weighted by atomic mass is 10.1. The summed E-state index contributed by atoms with van der Waals surface area (Å²) in [5.41, 5.74) is 5.50. The molecule has 0 amide bonds. The number of hydrogen-bond donors (Lipinski definition) is 0. The Labute approximate surface area is 199 Å². The number of rotatable bonds is 12. The summed E-state index contributed by atoms with van der Waals surface area (Å²) in [4.78, 5) is 7.41. The summed E-state index contributed by atoms with van der Waals surface area (Å²) in [7, 11) is 0. The summed E-state index contributed by atoms with van der Waals surface area (Å²) >= 11 is 0. The Bertz CT molecular complexity index is 934. The molecule has 2 aromatic heterocycles. The lowest BCUT2D eigenvalue weighted by Crippen LogP contribution is -2.28. The molecule has 0 spiro atoms. The highest BCUT2D eigenvalue weighted by Crippen LogP contribution is 2.26. The van der Waals surface area contributed by atoms with Crippen LogP contribution in [0.1, 0.15) is 57.1 Å². The molecule has 0 radical (unpaired) electrons. The largest absolute Gasteiger partial charge is 0.493 e. The summed E-state index contributed by atoms with van der Waals surface area (Å²) in [6.07, 6.45) is 10.3. The van der Waals surface area contributed by atoms with E-state index >= 15 is 0 Å². The van der Waals surface area contributed by atoms with Gasteiger partial charge < -0.3 is 19.5 Å². The van der Waals surface area contributed by atoms with Crippen molar-refractivity contribution in [2.45, 2.75) is 59.8 Å². The number of nitrogens with zero attached hydrogens (tertiary/aromatic N) is 3. The van der Waals surface area contributed by atoms with Crippen molar-refractivity contribution in [2.24, 2.45) is 0 Å². The average Bonchev–Trinajstić information content (AvgIpc) is 3.19. The van der Waals surface area contributed by atoms with Crippen LogP contribution in [0.3, 0.4) is 0 Å². The Morgan fingerprint density at radius 2 is 1.62 bits per heavy atom. The zero-order valence-electron chi connectivity index (χ0n) is 20.1. The number of unbranched alkanes of at least 4 members (excludes halogenated alkanes) is 2. The van der Waals surface area contributed by atoms with Gasteiger partial charge in [0.25, 0.3) is 0 Å². The predicted molar refractivity (Wildman–Crippen MR) is 137 cm³/mol. The van der Waals surface area contributed by atoms with Gasteiger partial charge in [-0.1, -0.05) is 32.8 Å². The van der Waals surface area contributed by atoms with Crippen LogP contribution in [0.5, 0.6) is 5.75 Å². The third-order valence-corrected chi connectivity index (χ3v) is 5.68. The molecule has 0 saturated heterocycles. The summed E-state index contributed by atoms with van der Waals surface area (Å²) in [5.74, 6) is 0.979. The highest BCUT2D eigenvalue weighted by Gasteiger charge is 2.09. The molecular formula is C26H40ClN3O2. The maximum atomic E-state index is 6.11. The fourth-order valence-corrected chi connectivity index (χ4v) is 3.83. The summed E-state index contributed by atoms with van der Waals surface area (Å²) < 4.78 is 8.20. The minimum absolute atomic E-state index is 0. The smallest absolute Gasteiger partial charge is 0.140 e. The molecule has 0 aliphatic heterocycles.